The van der Waals surface area contributed by atoms with Gasteiger partial charge in [-0.05, 0) is 54.2 Å². The number of aromatic nitrogens is 2. The number of hydrogen-bond acceptors (Lipinski definition) is 1. The van der Waals surface area contributed by atoms with E-state index >= 15 is 0 Å². The molecule has 4 rings (SSSR count). The standard InChI is InChI=1S/C25H30N2/c1-7-18(5)25(6,8-2)21-11-9-10-19-20-15-16(3)14-17(4)23(20)22-12-13-26-27(22)24(19)21/h9-15,18H,7-8H2,1-6H3. The van der Waals surface area contributed by atoms with Gasteiger partial charge in [0.05, 0.1) is 17.2 Å². The number of para-hydroxylation sites is 1. The van der Waals surface area contributed by atoms with Crippen molar-refractivity contribution in [1.29, 1.82) is 0 Å². The van der Waals surface area contributed by atoms with E-state index in [1.54, 1.807) is 0 Å². The number of pyridine rings is 1. The van der Waals surface area contributed by atoms with Crippen LogP contribution in [0, 0.1) is 19.8 Å². The van der Waals surface area contributed by atoms with Crippen LogP contribution in [0.25, 0.3) is 27.2 Å². The molecule has 0 bridgehead atoms. The first-order chi connectivity index (χ1) is 12.9. The zero-order valence-corrected chi connectivity index (χ0v) is 17.4. The summed E-state index contributed by atoms with van der Waals surface area (Å²) in [5.74, 6) is 0.605. The normalized spacial score (nSPS) is 15.5. The van der Waals surface area contributed by atoms with Gasteiger partial charge in [-0.15, -0.1) is 0 Å². The van der Waals surface area contributed by atoms with Gasteiger partial charge in [0.2, 0.25) is 0 Å². The summed E-state index contributed by atoms with van der Waals surface area (Å²) in [5, 5.41) is 8.76. The highest BCUT2D eigenvalue weighted by Crippen LogP contribution is 2.42. The maximum absolute atomic E-state index is 4.77. The third-order valence-electron chi connectivity index (χ3n) is 6.97. The van der Waals surface area contributed by atoms with Crippen molar-refractivity contribution in [2.45, 2.75) is 59.8 Å². The fraction of sp³-hybridized carbons (Fsp3) is 0.400. The van der Waals surface area contributed by atoms with Crippen molar-refractivity contribution < 1.29 is 0 Å². The lowest BCUT2D eigenvalue weighted by atomic mass is 9.69. The second kappa shape index (κ2) is 6.37. The van der Waals surface area contributed by atoms with Crippen molar-refractivity contribution >= 4 is 27.2 Å². The Bertz CT molecular complexity index is 1150. The van der Waals surface area contributed by atoms with Gasteiger partial charge in [0.15, 0.2) is 0 Å². The molecule has 2 heteroatoms. The molecule has 2 heterocycles. The Morgan fingerprint density at radius 3 is 2.56 bits per heavy atom. The fourth-order valence-corrected chi connectivity index (χ4v) is 4.90. The highest BCUT2D eigenvalue weighted by molar-refractivity contribution is 6.14. The third-order valence-corrected chi connectivity index (χ3v) is 6.97. The summed E-state index contributed by atoms with van der Waals surface area (Å²) >= 11 is 0. The first kappa shape index (κ1) is 18.0. The first-order valence-corrected chi connectivity index (χ1v) is 10.2. The number of hydrogen-bond donors (Lipinski definition) is 0. The van der Waals surface area contributed by atoms with Gasteiger partial charge in [0.1, 0.15) is 0 Å². The average Bonchev–Trinajstić information content (AvgIpc) is 3.15. The van der Waals surface area contributed by atoms with E-state index in [9.17, 15) is 0 Å². The molecule has 0 fully saturated rings. The zero-order chi connectivity index (χ0) is 19.3. The number of fused-ring (bicyclic) bond motifs is 6. The van der Waals surface area contributed by atoms with Crippen LogP contribution < -0.4 is 0 Å². The summed E-state index contributed by atoms with van der Waals surface area (Å²) < 4.78 is 2.19. The Labute approximate surface area is 162 Å². The molecular formula is C25H30N2. The van der Waals surface area contributed by atoms with Crippen LogP contribution >= 0.6 is 0 Å². The van der Waals surface area contributed by atoms with Crippen LogP contribution in [-0.2, 0) is 5.41 Å². The van der Waals surface area contributed by atoms with Crippen LogP contribution in [-0.4, -0.2) is 9.61 Å². The summed E-state index contributed by atoms with van der Waals surface area (Å²) in [4.78, 5) is 0. The molecule has 0 amide bonds. The van der Waals surface area contributed by atoms with Gasteiger partial charge in [-0.3, -0.25) is 0 Å². The predicted molar refractivity (Wildman–Crippen MR) is 117 cm³/mol. The van der Waals surface area contributed by atoms with Crippen molar-refractivity contribution in [2.24, 2.45) is 5.92 Å². The second-order valence-electron chi connectivity index (χ2n) is 8.41. The Morgan fingerprint density at radius 1 is 1.07 bits per heavy atom. The summed E-state index contributed by atoms with van der Waals surface area (Å²) in [6.45, 7) is 13.8. The fourth-order valence-electron chi connectivity index (χ4n) is 4.90. The summed E-state index contributed by atoms with van der Waals surface area (Å²) in [7, 11) is 0. The molecule has 2 atom stereocenters. The monoisotopic (exact) mass is 358 g/mol. The SMILES string of the molecule is CCC(C)C(C)(CC)c1cccc2c3cc(C)cc(C)c3c3ccnn3c12. The number of nitrogens with zero attached hydrogens (tertiary/aromatic N) is 2. The molecule has 0 radical (unpaired) electrons. The first-order valence-electron chi connectivity index (χ1n) is 10.2. The van der Waals surface area contributed by atoms with Gasteiger partial charge in [-0.25, -0.2) is 4.52 Å². The molecule has 2 aromatic heterocycles. The topological polar surface area (TPSA) is 17.3 Å². The van der Waals surface area contributed by atoms with E-state index in [0.29, 0.717) is 5.92 Å². The third kappa shape index (κ3) is 2.50. The lowest BCUT2D eigenvalue weighted by molar-refractivity contribution is 0.297. The highest BCUT2D eigenvalue weighted by atomic mass is 15.2. The van der Waals surface area contributed by atoms with Gasteiger partial charge in [0.25, 0.3) is 0 Å². The molecule has 140 valence electrons. The zero-order valence-electron chi connectivity index (χ0n) is 17.4. The van der Waals surface area contributed by atoms with E-state index in [1.807, 2.05) is 6.20 Å². The minimum absolute atomic E-state index is 0.125. The van der Waals surface area contributed by atoms with Crippen molar-refractivity contribution in [1.82, 2.24) is 9.61 Å². The number of aryl methyl sites for hydroxylation is 2. The largest absolute Gasteiger partial charge is 0.232 e. The molecule has 27 heavy (non-hydrogen) atoms. The Kier molecular flexibility index (Phi) is 4.25. The van der Waals surface area contributed by atoms with Crippen LogP contribution in [0.5, 0.6) is 0 Å². The molecule has 0 aliphatic rings. The molecule has 2 unspecified atom stereocenters. The second-order valence-corrected chi connectivity index (χ2v) is 8.41. The molecule has 0 N–H and O–H groups in total. The van der Waals surface area contributed by atoms with Crippen molar-refractivity contribution in [3.63, 3.8) is 0 Å². The molecule has 0 saturated heterocycles. The van der Waals surface area contributed by atoms with E-state index in [0.717, 1.165) is 6.42 Å². The lowest BCUT2D eigenvalue weighted by Crippen LogP contribution is -2.30. The Morgan fingerprint density at radius 2 is 1.85 bits per heavy atom. The molecule has 2 aromatic carbocycles. The Hall–Kier alpha value is -2.35. The number of rotatable bonds is 4. The lowest BCUT2D eigenvalue weighted by Gasteiger charge is -2.36. The van der Waals surface area contributed by atoms with Crippen LogP contribution in [0.1, 0.15) is 57.2 Å². The summed E-state index contributed by atoms with van der Waals surface area (Å²) in [6.07, 6.45) is 4.24. The summed E-state index contributed by atoms with van der Waals surface area (Å²) in [6, 6.07) is 13.6. The average molecular weight is 359 g/mol. The molecule has 0 saturated carbocycles. The Balaban J connectivity index is 2.26. The van der Waals surface area contributed by atoms with E-state index < -0.39 is 0 Å². The highest BCUT2D eigenvalue weighted by Gasteiger charge is 2.33. The molecule has 0 aliphatic heterocycles. The van der Waals surface area contributed by atoms with E-state index in [2.05, 4.69) is 82.5 Å². The molecule has 0 aliphatic carbocycles. The maximum atomic E-state index is 4.77. The minimum Gasteiger partial charge on any atom is -0.232 e. The van der Waals surface area contributed by atoms with Gasteiger partial charge in [0, 0.05) is 10.8 Å². The van der Waals surface area contributed by atoms with Crippen LogP contribution in [0.15, 0.2) is 42.6 Å². The van der Waals surface area contributed by atoms with Crippen molar-refractivity contribution in [2.75, 3.05) is 0 Å². The van der Waals surface area contributed by atoms with E-state index in [4.69, 9.17) is 5.10 Å². The van der Waals surface area contributed by atoms with Gasteiger partial charge >= 0.3 is 0 Å². The van der Waals surface area contributed by atoms with Crippen LogP contribution in [0.2, 0.25) is 0 Å². The quantitative estimate of drug-likeness (QED) is 0.360. The van der Waals surface area contributed by atoms with Gasteiger partial charge in [-0.2, -0.15) is 5.10 Å². The van der Waals surface area contributed by atoms with Gasteiger partial charge in [-0.1, -0.05) is 70.0 Å². The van der Waals surface area contributed by atoms with E-state index in [1.165, 1.54) is 50.3 Å². The van der Waals surface area contributed by atoms with Crippen LogP contribution in [0.4, 0.5) is 0 Å². The molecule has 0 spiro atoms. The van der Waals surface area contributed by atoms with Crippen LogP contribution in [0.3, 0.4) is 0 Å². The molecular weight excluding hydrogens is 328 g/mol. The van der Waals surface area contributed by atoms with Crippen molar-refractivity contribution in [3.05, 3.63) is 59.3 Å². The van der Waals surface area contributed by atoms with E-state index in [-0.39, 0.29) is 5.41 Å². The molecule has 2 nitrogen and oxygen atoms in total. The maximum Gasteiger partial charge on any atom is 0.0769 e. The minimum atomic E-state index is 0.125. The number of benzene rings is 2. The molecule has 4 aromatic rings. The summed E-state index contributed by atoms with van der Waals surface area (Å²) in [5.41, 5.74) is 6.68. The predicted octanol–water partition coefficient (Wildman–Crippen LogP) is 6.97. The van der Waals surface area contributed by atoms with Crippen molar-refractivity contribution in [3.8, 4) is 0 Å². The smallest absolute Gasteiger partial charge is 0.0769 e. The van der Waals surface area contributed by atoms with Gasteiger partial charge < -0.3 is 0 Å².